The summed E-state index contributed by atoms with van der Waals surface area (Å²) >= 11 is 1.38. The Morgan fingerprint density at radius 2 is 1.55 bits per heavy atom. The van der Waals surface area contributed by atoms with Gasteiger partial charge in [-0.2, -0.15) is 0 Å². The van der Waals surface area contributed by atoms with Gasteiger partial charge in [0.1, 0.15) is 0 Å². The zero-order valence-corrected chi connectivity index (χ0v) is 10.7. The molecule has 0 saturated carbocycles. The maximum atomic E-state index is 2.43. The lowest BCUT2D eigenvalue weighted by Crippen LogP contribution is -2.10. The molecule has 0 aliphatic rings. The van der Waals surface area contributed by atoms with Gasteiger partial charge in [-0.15, -0.1) is 0 Å². The van der Waals surface area contributed by atoms with Crippen LogP contribution in [0.1, 0.15) is 46.5 Å². The van der Waals surface area contributed by atoms with Crippen molar-refractivity contribution in [2.75, 3.05) is 0 Å². The standard InChI is InChI=1S/C10H21.Al.2H/c1-5-7-10(8-6-2)9(3)4;;;/h9-10H,3,5-8H2,1-2,4H3;;;. The van der Waals surface area contributed by atoms with Crippen molar-refractivity contribution in [1.82, 2.24) is 0 Å². The molecule has 0 aromatic rings. The molecule has 0 spiro atoms. The molecule has 1 atom stereocenters. The van der Waals surface area contributed by atoms with Crippen LogP contribution in [-0.4, -0.2) is 16.3 Å². The molecule has 1 heteroatoms. The number of rotatable bonds is 6. The average molecular weight is 170 g/mol. The van der Waals surface area contributed by atoms with Crippen molar-refractivity contribution in [3.05, 3.63) is 0 Å². The third-order valence-electron chi connectivity index (χ3n) is 2.77. The lowest BCUT2D eigenvalue weighted by Gasteiger charge is -2.21. The first-order valence-electron chi connectivity index (χ1n) is 5.26. The molecule has 0 heterocycles. The third kappa shape index (κ3) is 4.88. The fraction of sp³-hybridized carbons (Fsp3) is 1.00. The van der Waals surface area contributed by atoms with E-state index in [4.69, 9.17) is 0 Å². The third-order valence-corrected chi connectivity index (χ3v) is 4.06. The molecule has 66 valence electrons. The summed E-state index contributed by atoms with van der Waals surface area (Å²) in [5.41, 5.74) is 0. The van der Waals surface area contributed by atoms with E-state index in [2.05, 4.69) is 20.8 Å². The fourth-order valence-corrected chi connectivity index (χ4v) is 2.45. The predicted octanol–water partition coefficient (Wildman–Crippen LogP) is 2.89. The summed E-state index contributed by atoms with van der Waals surface area (Å²) in [6.07, 6.45) is 5.65. The van der Waals surface area contributed by atoms with E-state index < -0.39 is 0 Å². The van der Waals surface area contributed by atoms with E-state index in [9.17, 15) is 0 Å². The van der Waals surface area contributed by atoms with Crippen LogP contribution in [0.5, 0.6) is 0 Å². The second-order valence-corrected chi connectivity index (χ2v) is 4.54. The zero-order chi connectivity index (χ0) is 8.69. The van der Waals surface area contributed by atoms with Crippen LogP contribution in [0.2, 0.25) is 5.28 Å². The van der Waals surface area contributed by atoms with Gasteiger partial charge in [0.05, 0.1) is 0 Å². The van der Waals surface area contributed by atoms with Gasteiger partial charge in [-0.25, -0.2) is 0 Å². The minimum absolute atomic E-state index is 1.00. The van der Waals surface area contributed by atoms with Crippen LogP contribution in [0.15, 0.2) is 0 Å². The van der Waals surface area contributed by atoms with Gasteiger partial charge in [0.15, 0.2) is 0 Å². The number of hydrogen-bond donors (Lipinski definition) is 0. The van der Waals surface area contributed by atoms with E-state index in [1.54, 1.807) is 0 Å². The summed E-state index contributed by atoms with van der Waals surface area (Å²) in [6.45, 7) is 7.05. The van der Waals surface area contributed by atoms with Gasteiger partial charge in [0.2, 0.25) is 16.3 Å². The van der Waals surface area contributed by atoms with E-state index in [1.165, 1.54) is 47.3 Å². The van der Waals surface area contributed by atoms with E-state index in [0.717, 1.165) is 11.8 Å². The summed E-state index contributed by atoms with van der Waals surface area (Å²) in [5, 5.41) is 1.49. The van der Waals surface area contributed by atoms with E-state index in [1.807, 2.05) is 0 Å². The Labute approximate surface area is 80.2 Å². The van der Waals surface area contributed by atoms with Gasteiger partial charge in [-0.05, 0) is 5.92 Å². The summed E-state index contributed by atoms with van der Waals surface area (Å²) in [5.74, 6) is 2.03. The Kier molecular flexibility index (Phi) is 7.54. The summed E-state index contributed by atoms with van der Waals surface area (Å²) in [4.78, 5) is 0. The van der Waals surface area contributed by atoms with E-state index >= 15 is 0 Å². The summed E-state index contributed by atoms with van der Waals surface area (Å²) in [6, 6.07) is 0. The molecule has 0 saturated heterocycles. The first-order chi connectivity index (χ1) is 5.26. The van der Waals surface area contributed by atoms with Crippen LogP contribution < -0.4 is 0 Å². The molecule has 0 aliphatic heterocycles. The van der Waals surface area contributed by atoms with Gasteiger partial charge in [0, 0.05) is 0 Å². The Morgan fingerprint density at radius 1 is 1.09 bits per heavy atom. The quantitative estimate of drug-likeness (QED) is 0.538. The molecule has 0 aliphatic carbocycles. The molecule has 0 amide bonds. The highest BCUT2D eigenvalue weighted by molar-refractivity contribution is 6.08. The Balaban J connectivity index is 3.66. The van der Waals surface area contributed by atoms with Crippen molar-refractivity contribution in [2.45, 2.75) is 51.7 Å². The van der Waals surface area contributed by atoms with Crippen LogP contribution >= 0.6 is 0 Å². The second-order valence-electron chi connectivity index (χ2n) is 3.72. The van der Waals surface area contributed by atoms with Crippen LogP contribution in [-0.2, 0) is 0 Å². The average Bonchev–Trinajstić information content (AvgIpc) is 2.03. The largest absolute Gasteiger partial charge is 0.212 e. The molecular formula is C10H23Al. The summed E-state index contributed by atoms with van der Waals surface area (Å²) < 4.78 is 0. The minimum Gasteiger partial charge on any atom is -0.0985 e. The monoisotopic (exact) mass is 170 g/mol. The predicted molar refractivity (Wildman–Crippen MR) is 55.8 cm³/mol. The molecule has 0 nitrogen and oxygen atoms in total. The molecule has 0 aromatic heterocycles. The molecule has 0 bridgehead atoms. The SMILES string of the molecule is CCCC(CCC)C(C)[CH2][AlH2]. The Morgan fingerprint density at radius 3 is 1.82 bits per heavy atom. The minimum atomic E-state index is 1.00. The lowest BCUT2D eigenvalue weighted by atomic mass is 9.87. The first kappa shape index (κ1) is 11.5. The molecule has 0 aromatic carbocycles. The molecule has 11 heavy (non-hydrogen) atoms. The second kappa shape index (κ2) is 7.20. The number of hydrogen-bond acceptors (Lipinski definition) is 0. The van der Waals surface area contributed by atoms with Gasteiger partial charge >= 0.3 is 0 Å². The van der Waals surface area contributed by atoms with E-state index in [0.29, 0.717) is 0 Å². The van der Waals surface area contributed by atoms with Crippen molar-refractivity contribution in [2.24, 2.45) is 11.8 Å². The van der Waals surface area contributed by atoms with Crippen molar-refractivity contribution >= 4 is 16.3 Å². The molecule has 0 fully saturated rings. The van der Waals surface area contributed by atoms with Crippen LogP contribution in [0.3, 0.4) is 0 Å². The summed E-state index contributed by atoms with van der Waals surface area (Å²) in [7, 11) is 0. The Bertz CT molecular complexity index is 74.9. The van der Waals surface area contributed by atoms with Gasteiger partial charge in [0.25, 0.3) is 0 Å². The zero-order valence-electron chi connectivity index (χ0n) is 8.69. The smallest absolute Gasteiger partial charge is 0.0985 e. The van der Waals surface area contributed by atoms with Crippen molar-refractivity contribution in [3.8, 4) is 0 Å². The fourth-order valence-electron chi connectivity index (χ4n) is 1.79. The van der Waals surface area contributed by atoms with E-state index in [-0.39, 0.29) is 0 Å². The molecule has 0 radical (unpaired) electrons. The highest BCUT2D eigenvalue weighted by atomic mass is 27.0. The normalized spacial score (nSPS) is 13.8. The van der Waals surface area contributed by atoms with Crippen molar-refractivity contribution < 1.29 is 0 Å². The van der Waals surface area contributed by atoms with Crippen molar-refractivity contribution in [3.63, 3.8) is 0 Å². The first-order valence-corrected chi connectivity index (χ1v) is 6.67. The lowest BCUT2D eigenvalue weighted by molar-refractivity contribution is 0.331. The Hall–Kier alpha value is 0.532. The van der Waals surface area contributed by atoms with Crippen LogP contribution in [0.25, 0.3) is 0 Å². The maximum Gasteiger partial charge on any atom is 0.212 e. The highest BCUT2D eigenvalue weighted by Crippen LogP contribution is 2.24. The van der Waals surface area contributed by atoms with Gasteiger partial charge < -0.3 is 0 Å². The highest BCUT2D eigenvalue weighted by Gasteiger charge is 2.12. The van der Waals surface area contributed by atoms with Gasteiger partial charge in [-0.3, -0.25) is 0 Å². The molecule has 1 unspecified atom stereocenters. The topological polar surface area (TPSA) is 0 Å². The van der Waals surface area contributed by atoms with Crippen LogP contribution in [0, 0.1) is 11.8 Å². The van der Waals surface area contributed by atoms with Crippen LogP contribution in [0.4, 0.5) is 0 Å². The molecule has 0 N–H and O–H groups in total. The molecule has 0 rings (SSSR count). The molecular weight excluding hydrogens is 147 g/mol. The van der Waals surface area contributed by atoms with Gasteiger partial charge in [-0.1, -0.05) is 57.7 Å². The maximum absolute atomic E-state index is 2.43. The van der Waals surface area contributed by atoms with Crippen molar-refractivity contribution in [1.29, 1.82) is 0 Å².